The lowest BCUT2D eigenvalue weighted by atomic mass is 9.85. The Kier molecular flexibility index (Phi) is 9.06. The van der Waals surface area contributed by atoms with Crippen molar-refractivity contribution in [3.8, 4) is 68.7 Å². The molecular weight excluding hydrogens is 841 g/mol. The third-order valence-electron chi connectivity index (χ3n) is 14.0. The van der Waals surface area contributed by atoms with Gasteiger partial charge >= 0.3 is 0 Å². The van der Waals surface area contributed by atoms with Crippen LogP contribution in [-0.4, -0.2) is 13.7 Å². The molecule has 0 saturated carbocycles. The Hall–Kier alpha value is -9.67. The highest BCUT2D eigenvalue weighted by Crippen LogP contribution is 2.55. The molecule has 0 amide bonds. The van der Waals surface area contributed by atoms with E-state index in [9.17, 15) is 15.8 Å². The van der Waals surface area contributed by atoms with Crippen LogP contribution in [0.5, 0.6) is 0 Å². The summed E-state index contributed by atoms with van der Waals surface area (Å²) in [6.07, 6.45) is 6.40. The SMILES string of the molecule is N#Cc1ccc(-c2c(-n3c4c(c5ccccc53)CCC=C4)c(-c3ccc(C#N)cc3)c(-n3c4ccccc4c4ccccc43)c(-c3ccc(C#N)cc3)c2-n2c3ccccc3c3ccccc32)cc1. The second-order valence-corrected chi connectivity index (χ2v) is 17.6. The van der Waals surface area contributed by atoms with Gasteiger partial charge in [-0.15, -0.1) is 0 Å². The van der Waals surface area contributed by atoms with Crippen LogP contribution in [0.3, 0.4) is 0 Å². The number of nitriles is 3. The molecule has 0 spiro atoms. The zero-order valence-electron chi connectivity index (χ0n) is 37.2. The highest BCUT2D eigenvalue weighted by Gasteiger charge is 2.34. The average molecular weight is 879 g/mol. The second-order valence-electron chi connectivity index (χ2n) is 17.6. The fourth-order valence-electron chi connectivity index (χ4n) is 11.1. The van der Waals surface area contributed by atoms with E-state index in [2.05, 4.69) is 202 Å². The number of para-hydroxylation sites is 5. The zero-order valence-corrected chi connectivity index (χ0v) is 37.2. The van der Waals surface area contributed by atoms with Crippen LogP contribution in [0.2, 0.25) is 0 Å². The standard InChI is InChI=1S/C63H38N6/c64-37-40-25-31-43(32-26-40)58-61(67-52-19-7-1-13-46(52)47-14-2-8-20-53(47)67)59(44-33-27-41(38-65)28-34-44)63(69-56-23-11-5-17-50(56)51-18-6-12-24-57(51)69)60(45-35-29-42(39-66)30-36-45)62(58)68-54-21-9-3-15-48(54)49-16-4-10-22-55(49)68/h1-5,7-17,19-36H,6,18H2. The molecule has 12 aromatic rings. The Balaban J connectivity index is 1.41. The zero-order chi connectivity index (χ0) is 46.2. The molecule has 0 aliphatic heterocycles. The van der Waals surface area contributed by atoms with E-state index in [0.29, 0.717) is 16.7 Å². The molecule has 1 aliphatic rings. The van der Waals surface area contributed by atoms with Gasteiger partial charge in [-0.25, -0.2) is 0 Å². The molecule has 0 radical (unpaired) electrons. The number of fused-ring (bicyclic) bond motifs is 9. The van der Waals surface area contributed by atoms with E-state index in [0.717, 1.165) is 118 Å². The van der Waals surface area contributed by atoms with Crippen LogP contribution in [0.25, 0.3) is 111 Å². The topological polar surface area (TPSA) is 86.2 Å². The molecule has 3 heterocycles. The molecule has 0 saturated heterocycles. The first-order valence-corrected chi connectivity index (χ1v) is 23.2. The van der Waals surface area contributed by atoms with Gasteiger partial charge in [-0.1, -0.05) is 133 Å². The van der Waals surface area contributed by atoms with Crippen molar-refractivity contribution in [1.29, 1.82) is 15.8 Å². The van der Waals surface area contributed by atoms with Gasteiger partial charge in [-0.3, -0.25) is 0 Å². The van der Waals surface area contributed by atoms with Gasteiger partial charge in [-0.2, -0.15) is 15.8 Å². The summed E-state index contributed by atoms with van der Waals surface area (Å²) >= 11 is 0. The van der Waals surface area contributed by atoms with Crippen molar-refractivity contribution in [3.05, 3.63) is 228 Å². The molecule has 1 aliphatic carbocycles. The number of rotatable bonds is 6. The molecule has 0 atom stereocenters. The summed E-state index contributed by atoms with van der Waals surface area (Å²) in [5, 5.41) is 36.5. The molecule has 3 aromatic heterocycles. The Morgan fingerprint density at radius 1 is 0.333 bits per heavy atom. The molecule has 6 heteroatoms. The van der Waals surface area contributed by atoms with Crippen molar-refractivity contribution in [2.45, 2.75) is 12.8 Å². The fourth-order valence-corrected chi connectivity index (χ4v) is 11.1. The lowest BCUT2D eigenvalue weighted by Crippen LogP contribution is -2.14. The maximum absolute atomic E-state index is 10.3. The highest BCUT2D eigenvalue weighted by molar-refractivity contribution is 6.16. The van der Waals surface area contributed by atoms with Crippen LogP contribution < -0.4 is 0 Å². The van der Waals surface area contributed by atoms with Gasteiger partial charge in [0.2, 0.25) is 0 Å². The molecule has 0 fully saturated rings. The van der Waals surface area contributed by atoms with Crippen molar-refractivity contribution in [2.75, 3.05) is 0 Å². The predicted octanol–water partition coefficient (Wildman–Crippen LogP) is 15.4. The summed E-state index contributed by atoms with van der Waals surface area (Å²) in [5.74, 6) is 0. The van der Waals surface area contributed by atoms with Crippen LogP contribution >= 0.6 is 0 Å². The maximum Gasteiger partial charge on any atom is 0.0991 e. The summed E-state index contributed by atoms with van der Waals surface area (Å²) in [7, 11) is 0. The lowest BCUT2D eigenvalue weighted by Gasteiger charge is -2.31. The van der Waals surface area contributed by atoms with Crippen molar-refractivity contribution >= 4 is 60.6 Å². The summed E-state index contributed by atoms with van der Waals surface area (Å²) < 4.78 is 7.38. The van der Waals surface area contributed by atoms with Crippen LogP contribution in [0.4, 0.5) is 0 Å². The second kappa shape index (κ2) is 15.7. The monoisotopic (exact) mass is 878 g/mol. The van der Waals surface area contributed by atoms with E-state index in [1.807, 2.05) is 36.4 Å². The number of hydrogen-bond acceptors (Lipinski definition) is 3. The normalized spacial score (nSPS) is 12.1. The van der Waals surface area contributed by atoms with Crippen molar-refractivity contribution in [1.82, 2.24) is 13.7 Å². The molecule has 320 valence electrons. The Labute approximate surface area is 397 Å². The Bertz CT molecular complexity index is 3950. The quantitative estimate of drug-likeness (QED) is 0.167. The van der Waals surface area contributed by atoms with E-state index >= 15 is 0 Å². The molecule has 6 nitrogen and oxygen atoms in total. The molecule has 9 aromatic carbocycles. The summed E-state index contributed by atoms with van der Waals surface area (Å²) in [5.41, 5.74) is 17.8. The molecule has 0 N–H and O–H groups in total. The molecule has 13 rings (SSSR count). The van der Waals surface area contributed by atoms with Gasteiger partial charge in [0.1, 0.15) is 0 Å². The first-order chi connectivity index (χ1) is 34.1. The summed E-state index contributed by atoms with van der Waals surface area (Å²) in [4.78, 5) is 0. The van der Waals surface area contributed by atoms with Crippen LogP contribution in [0.15, 0.2) is 200 Å². The van der Waals surface area contributed by atoms with Crippen molar-refractivity contribution in [3.63, 3.8) is 0 Å². The van der Waals surface area contributed by atoms with Crippen molar-refractivity contribution in [2.24, 2.45) is 0 Å². The van der Waals surface area contributed by atoms with E-state index in [4.69, 9.17) is 0 Å². The highest BCUT2D eigenvalue weighted by atomic mass is 15.1. The number of nitrogens with zero attached hydrogens (tertiary/aromatic N) is 6. The first kappa shape index (κ1) is 39.7. The minimum atomic E-state index is 0.559. The Morgan fingerprint density at radius 3 is 0.986 bits per heavy atom. The van der Waals surface area contributed by atoms with Gasteiger partial charge in [0.05, 0.1) is 79.5 Å². The number of aryl methyl sites for hydroxylation is 1. The van der Waals surface area contributed by atoms with Crippen LogP contribution in [0, 0.1) is 34.0 Å². The minimum absolute atomic E-state index is 0.559. The van der Waals surface area contributed by atoms with Crippen LogP contribution in [-0.2, 0) is 6.42 Å². The largest absolute Gasteiger partial charge is 0.308 e. The summed E-state index contributed by atoms with van der Waals surface area (Å²) in [6.45, 7) is 0. The lowest BCUT2D eigenvalue weighted by molar-refractivity contribution is 0.966. The van der Waals surface area contributed by atoms with Gasteiger partial charge in [-0.05, 0) is 108 Å². The third kappa shape index (κ3) is 5.95. The van der Waals surface area contributed by atoms with Crippen LogP contribution in [0.1, 0.15) is 34.4 Å². The fraction of sp³-hybridized carbons (Fsp3) is 0.0317. The first-order valence-electron chi connectivity index (χ1n) is 23.2. The number of hydrogen-bond donors (Lipinski definition) is 0. The number of aromatic nitrogens is 3. The third-order valence-corrected chi connectivity index (χ3v) is 14.0. The average Bonchev–Trinajstić information content (AvgIpc) is 4.06. The maximum atomic E-state index is 10.3. The van der Waals surface area contributed by atoms with Gasteiger partial charge in [0.15, 0.2) is 0 Å². The van der Waals surface area contributed by atoms with E-state index in [-0.39, 0.29) is 0 Å². The van der Waals surface area contributed by atoms with Gasteiger partial charge < -0.3 is 13.7 Å². The van der Waals surface area contributed by atoms with Gasteiger partial charge in [0, 0.05) is 49.3 Å². The smallest absolute Gasteiger partial charge is 0.0991 e. The summed E-state index contributed by atoms with van der Waals surface area (Å²) in [6, 6.07) is 74.5. The van der Waals surface area contributed by atoms with Gasteiger partial charge in [0.25, 0.3) is 0 Å². The Morgan fingerprint density at radius 2 is 0.638 bits per heavy atom. The molecule has 0 bridgehead atoms. The minimum Gasteiger partial charge on any atom is -0.308 e. The molecule has 0 unspecified atom stereocenters. The number of benzene rings is 9. The van der Waals surface area contributed by atoms with E-state index < -0.39 is 0 Å². The predicted molar refractivity (Wildman–Crippen MR) is 280 cm³/mol. The molecule has 69 heavy (non-hydrogen) atoms. The van der Waals surface area contributed by atoms with Crippen molar-refractivity contribution < 1.29 is 0 Å². The van der Waals surface area contributed by atoms with E-state index in [1.54, 1.807) is 0 Å². The number of allylic oxidation sites excluding steroid dienone is 1. The van der Waals surface area contributed by atoms with E-state index in [1.165, 1.54) is 10.9 Å². The molecular formula is C63H38N6.